The van der Waals surface area contributed by atoms with Crippen molar-refractivity contribution >= 4 is 0 Å². The van der Waals surface area contributed by atoms with Crippen LogP contribution in [0.5, 0.6) is 0 Å². The normalized spacial score (nSPS) is 36.2. The Morgan fingerprint density at radius 2 is 1.94 bits per heavy atom. The van der Waals surface area contributed by atoms with Gasteiger partial charge in [0.15, 0.2) is 0 Å². The lowest BCUT2D eigenvalue weighted by atomic mass is 9.81. The Labute approximate surface area is 100 Å². The third-order valence-electron chi connectivity index (χ3n) is 4.10. The number of benzene rings is 1. The number of ether oxygens (including phenoxy) is 1. The summed E-state index contributed by atoms with van der Waals surface area (Å²) in [6.07, 6.45) is 3.49. The third kappa shape index (κ3) is 1.78. The van der Waals surface area contributed by atoms with Gasteiger partial charge in [0.1, 0.15) is 5.82 Å². The highest BCUT2D eigenvalue weighted by molar-refractivity contribution is 5.33. The summed E-state index contributed by atoms with van der Waals surface area (Å²) in [4.78, 5) is 0. The van der Waals surface area contributed by atoms with Crippen molar-refractivity contribution in [3.8, 4) is 0 Å². The molecule has 2 aliphatic heterocycles. The molecule has 2 fully saturated rings. The van der Waals surface area contributed by atoms with Crippen molar-refractivity contribution in [3.63, 3.8) is 0 Å². The van der Waals surface area contributed by atoms with Gasteiger partial charge in [0.05, 0.1) is 17.8 Å². The van der Waals surface area contributed by atoms with E-state index in [1.165, 1.54) is 6.07 Å². The lowest BCUT2D eigenvalue weighted by molar-refractivity contribution is -0.115. The zero-order valence-corrected chi connectivity index (χ0v) is 9.95. The first kappa shape index (κ1) is 11.2. The smallest absolute Gasteiger partial charge is 0.126 e. The number of aliphatic hydroxyl groups is 1. The van der Waals surface area contributed by atoms with Crippen LogP contribution < -0.4 is 0 Å². The molecule has 0 amide bonds. The zero-order valence-electron chi connectivity index (χ0n) is 9.95. The minimum Gasteiger partial charge on any atom is -0.385 e. The van der Waals surface area contributed by atoms with Gasteiger partial charge in [0.2, 0.25) is 0 Å². The number of halogens is 1. The second kappa shape index (κ2) is 3.79. The average molecular weight is 236 g/mol. The van der Waals surface area contributed by atoms with E-state index in [4.69, 9.17) is 4.74 Å². The number of hydrogen-bond donors (Lipinski definition) is 1. The van der Waals surface area contributed by atoms with Crippen LogP contribution >= 0.6 is 0 Å². The molecule has 1 aromatic rings. The highest BCUT2D eigenvalue weighted by atomic mass is 19.1. The predicted octanol–water partition coefficient (Wildman–Crippen LogP) is 2.66. The van der Waals surface area contributed by atoms with E-state index < -0.39 is 5.60 Å². The molecule has 2 atom stereocenters. The molecular formula is C14H17FO2. The monoisotopic (exact) mass is 236 g/mol. The minimum absolute atomic E-state index is 0.140. The molecule has 0 aliphatic carbocycles. The molecular weight excluding hydrogens is 219 g/mol. The molecule has 0 spiro atoms. The third-order valence-corrected chi connectivity index (χ3v) is 4.10. The van der Waals surface area contributed by atoms with E-state index in [0.717, 1.165) is 18.4 Å². The molecule has 3 heteroatoms. The van der Waals surface area contributed by atoms with E-state index in [9.17, 15) is 9.50 Å². The Morgan fingerprint density at radius 1 is 1.29 bits per heavy atom. The fraction of sp³-hybridized carbons (Fsp3) is 0.571. The first-order valence-electron chi connectivity index (χ1n) is 6.22. The van der Waals surface area contributed by atoms with Gasteiger partial charge in [-0.1, -0.05) is 12.1 Å². The molecule has 2 aliphatic rings. The summed E-state index contributed by atoms with van der Waals surface area (Å²) >= 11 is 0. The first-order chi connectivity index (χ1) is 8.08. The molecule has 0 radical (unpaired) electrons. The van der Waals surface area contributed by atoms with Crippen LogP contribution in [0, 0.1) is 12.7 Å². The van der Waals surface area contributed by atoms with Crippen molar-refractivity contribution in [1.29, 1.82) is 0 Å². The molecule has 3 rings (SSSR count). The maximum Gasteiger partial charge on any atom is 0.126 e. The Bertz CT molecular complexity index is 432. The summed E-state index contributed by atoms with van der Waals surface area (Å²) < 4.78 is 19.3. The molecule has 17 heavy (non-hydrogen) atoms. The number of hydrogen-bond acceptors (Lipinski definition) is 2. The second-order valence-electron chi connectivity index (χ2n) is 5.31. The highest BCUT2D eigenvalue weighted by Gasteiger charge is 2.45. The van der Waals surface area contributed by atoms with Gasteiger partial charge < -0.3 is 9.84 Å². The van der Waals surface area contributed by atoms with Crippen molar-refractivity contribution in [2.45, 2.75) is 50.4 Å². The summed E-state index contributed by atoms with van der Waals surface area (Å²) in [5.74, 6) is -0.241. The Balaban J connectivity index is 2.00. The topological polar surface area (TPSA) is 29.5 Å². The maximum atomic E-state index is 13.6. The van der Waals surface area contributed by atoms with Gasteiger partial charge in [-0.25, -0.2) is 4.39 Å². The van der Waals surface area contributed by atoms with E-state index in [2.05, 4.69) is 0 Å². The van der Waals surface area contributed by atoms with Crippen LogP contribution in [0.3, 0.4) is 0 Å². The molecule has 0 saturated carbocycles. The first-order valence-corrected chi connectivity index (χ1v) is 6.22. The lowest BCUT2D eigenvalue weighted by Gasteiger charge is -2.37. The minimum atomic E-state index is -0.906. The molecule has 2 unspecified atom stereocenters. The summed E-state index contributed by atoms with van der Waals surface area (Å²) in [5.41, 5.74) is 0.394. The summed E-state index contributed by atoms with van der Waals surface area (Å²) in [5, 5.41) is 10.8. The lowest BCUT2D eigenvalue weighted by Crippen LogP contribution is -2.39. The quantitative estimate of drug-likeness (QED) is 0.812. The fourth-order valence-corrected chi connectivity index (χ4v) is 3.25. The molecule has 1 aromatic carbocycles. The van der Waals surface area contributed by atoms with Gasteiger partial charge in [-0.2, -0.15) is 0 Å². The largest absolute Gasteiger partial charge is 0.385 e. The SMILES string of the molecule is Cc1c(F)cccc1C1(O)CC2CCC(C1)O2. The molecule has 92 valence electrons. The standard InChI is InChI=1S/C14H17FO2/c1-9-12(3-2-4-13(9)15)14(16)7-10-5-6-11(8-14)17-10/h2-4,10-11,16H,5-8H2,1H3. The highest BCUT2D eigenvalue weighted by Crippen LogP contribution is 2.44. The van der Waals surface area contributed by atoms with Gasteiger partial charge >= 0.3 is 0 Å². The van der Waals surface area contributed by atoms with Crippen molar-refractivity contribution < 1.29 is 14.2 Å². The van der Waals surface area contributed by atoms with Crippen molar-refractivity contribution in [1.82, 2.24) is 0 Å². The van der Waals surface area contributed by atoms with Gasteiger partial charge in [-0.3, -0.25) is 0 Å². The van der Waals surface area contributed by atoms with Crippen LogP contribution in [0.25, 0.3) is 0 Å². The Hall–Kier alpha value is -0.930. The van der Waals surface area contributed by atoms with Crippen LogP contribution in [0.4, 0.5) is 4.39 Å². The van der Waals surface area contributed by atoms with Crippen LogP contribution in [-0.4, -0.2) is 17.3 Å². The molecule has 2 nitrogen and oxygen atoms in total. The van der Waals surface area contributed by atoms with Gasteiger partial charge in [-0.15, -0.1) is 0 Å². The molecule has 2 bridgehead atoms. The predicted molar refractivity (Wildman–Crippen MR) is 62.2 cm³/mol. The summed E-state index contributed by atoms with van der Waals surface area (Å²) in [7, 11) is 0. The van der Waals surface area contributed by atoms with Crippen LogP contribution in [-0.2, 0) is 10.3 Å². The Morgan fingerprint density at radius 3 is 2.59 bits per heavy atom. The zero-order chi connectivity index (χ0) is 12.0. The maximum absolute atomic E-state index is 13.6. The van der Waals surface area contributed by atoms with Crippen LogP contribution in [0.1, 0.15) is 36.8 Å². The molecule has 2 saturated heterocycles. The van der Waals surface area contributed by atoms with Gasteiger partial charge in [0.25, 0.3) is 0 Å². The molecule has 2 heterocycles. The van der Waals surface area contributed by atoms with Gasteiger partial charge in [-0.05, 0) is 37.0 Å². The van der Waals surface area contributed by atoms with E-state index in [-0.39, 0.29) is 18.0 Å². The van der Waals surface area contributed by atoms with Crippen molar-refractivity contribution in [2.75, 3.05) is 0 Å². The van der Waals surface area contributed by atoms with E-state index in [0.29, 0.717) is 18.4 Å². The van der Waals surface area contributed by atoms with Crippen molar-refractivity contribution in [3.05, 3.63) is 35.1 Å². The van der Waals surface area contributed by atoms with Crippen molar-refractivity contribution in [2.24, 2.45) is 0 Å². The van der Waals surface area contributed by atoms with E-state index in [1.54, 1.807) is 13.0 Å². The summed E-state index contributed by atoms with van der Waals surface area (Å²) in [6.45, 7) is 1.74. The molecule has 1 N–H and O–H groups in total. The number of rotatable bonds is 1. The second-order valence-corrected chi connectivity index (χ2v) is 5.31. The van der Waals surface area contributed by atoms with E-state index >= 15 is 0 Å². The fourth-order valence-electron chi connectivity index (χ4n) is 3.25. The number of fused-ring (bicyclic) bond motifs is 2. The van der Waals surface area contributed by atoms with Gasteiger partial charge in [0, 0.05) is 12.8 Å². The Kier molecular flexibility index (Phi) is 2.49. The summed E-state index contributed by atoms with van der Waals surface area (Å²) in [6, 6.07) is 4.95. The average Bonchev–Trinajstić information content (AvgIpc) is 2.62. The van der Waals surface area contributed by atoms with Crippen LogP contribution in [0.15, 0.2) is 18.2 Å². The van der Waals surface area contributed by atoms with E-state index in [1.807, 2.05) is 6.07 Å². The van der Waals surface area contributed by atoms with Crippen LogP contribution in [0.2, 0.25) is 0 Å². The molecule has 0 aromatic heterocycles.